The molecule has 1 rings (SSSR count). The van der Waals surface area contributed by atoms with E-state index in [4.69, 9.17) is 20.5 Å². The Morgan fingerprint density at radius 1 is 1.35 bits per heavy atom. The Hall–Kier alpha value is -2.39. The van der Waals surface area contributed by atoms with Crippen LogP contribution in [0, 0.1) is 11.3 Å². The second-order valence-corrected chi connectivity index (χ2v) is 4.97. The third kappa shape index (κ3) is 4.07. The van der Waals surface area contributed by atoms with E-state index in [1.165, 1.54) is 18.2 Å². The van der Waals surface area contributed by atoms with E-state index in [1.807, 2.05) is 6.07 Å². The molecule has 0 aliphatic rings. The molecule has 0 aliphatic carbocycles. The Morgan fingerprint density at radius 3 is 2.50 bits per heavy atom. The SMILES string of the molecule is CC(C)(C)OC(=O)c1c(C#N)cccc1OC(=O)CN. The van der Waals surface area contributed by atoms with Gasteiger partial charge in [0.05, 0.1) is 12.1 Å². The highest BCUT2D eigenvalue weighted by atomic mass is 16.6. The third-order valence-electron chi connectivity index (χ3n) is 2.14. The minimum Gasteiger partial charge on any atom is -0.456 e. The number of rotatable bonds is 3. The topological polar surface area (TPSA) is 102 Å². The Morgan fingerprint density at radius 2 is 2.00 bits per heavy atom. The zero-order chi connectivity index (χ0) is 15.3. The first-order valence-corrected chi connectivity index (χ1v) is 5.95. The van der Waals surface area contributed by atoms with E-state index >= 15 is 0 Å². The van der Waals surface area contributed by atoms with E-state index in [9.17, 15) is 9.59 Å². The predicted octanol–water partition coefficient (Wildman–Crippen LogP) is 1.38. The third-order valence-corrected chi connectivity index (χ3v) is 2.14. The molecule has 2 N–H and O–H groups in total. The van der Waals surface area contributed by atoms with Crippen LogP contribution in [0.3, 0.4) is 0 Å². The lowest BCUT2D eigenvalue weighted by Crippen LogP contribution is -2.26. The van der Waals surface area contributed by atoms with Crippen LogP contribution in [0.15, 0.2) is 18.2 Å². The summed E-state index contributed by atoms with van der Waals surface area (Å²) in [6.45, 7) is 4.77. The molecule has 0 heterocycles. The number of nitriles is 1. The highest BCUT2D eigenvalue weighted by Crippen LogP contribution is 2.25. The van der Waals surface area contributed by atoms with Gasteiger partial charge in [-0.1, -0.05) is 6.07 Å². The van der Waals surface area contributed by atoms with Gasteiger partial charge in [-0.15, -0.1) is 0 Å². The number of nitrogens with zero attached hydrogens (tertiary/aromatic N) is 1. The molecule has 20 heavy (non-hydrogen) atoms. The standard InChI is InChI=1S/C14H16N2O4/c1-14(2,3)20-13(18)12-9(7-15)5-4-6-10(12)19-11(17)8-16/h4-6H,8,16H2,1-3H3. The summed E-state index contributed by atoms with van der Waals surface area (Å²) >= 11 is 0. The molecule has 106 valence electrons. The van der Waals surface area contributed by atoms with Gasteiger partial charge in [-0.25, -0.2) is 4.79 Å². The van der Waals surface area contributed by atoms with Gasteiger partial charge in [0.15, 0.2) is 0 Å². The van der Waals surface area contributed by atoms with E-state index in [2.05, 4.69) is 0 Å². The lowest BCUT2D eigenvalue weighted by atomic mass is 10.1. The summed E-state index contributed by atoms with van der Waals surface area (Å²) in [5.74, 6) is -1.46. The van der Waals surface area contributed by atoms with Crippen LogP contribution in [0.1, 0.15) is 36.7 Å². The number of hydrogen-bond acceptors (Lipinski definition) is 6. The molecule has 1 aromatic rings. The largest absolute Gasteiger partial charge is 0.456 e. The van der Waals surface area contributed by atoms with Crippen LogP contribution in [-0.4, -0.2) is 24.1 Å². The van der Waals surface area contributed by atoms with Crippen molar-refractivity contribution < 1.29 is 19.1 Å². The van der Waals surface area contributed by atoms with Gasteiger partial charge in [0.25, 0.3) is 0 Å². The van der Waals surface area contributed by atoms with Crippen LogP contribution in [0.5, 0.6) is 5.75 Å². The minimum atomic E-state index is -0.727. The van der Waals surface area contributed by atoms with E-state index < -0.39 is 17.5 Å². The maximum absolute atomic E-state index is 12.1. The van der Waals surface area contributed by atoms with Crippen LogP contribution in [0.4, 0.5) is 0 Å². The Bertz CT molecular complexity index is 568. The summed E-state index contributed by atoms with van der Waals surface area (Å²) in [4.78, 5) is 23.4. The number of hydrogen-bond donors (Lipinski definition) is 1. The minimum absolute atomic E-state index is 0.0336. The molecule has 0 radical (unpaired) electrons. The first-order chi connectivity index (χ1) is 9.28. The second-order valence-electron chi connectivity index (χ2n) is 4.97. The van der Waals surface area contributed by atoms with E-state index in [1.54, 1.807) is 20.8 Å². The van der Waals surface area contributed by atoms with Crippen LogP contribution in [0.2, 0.25) is 0 Å². The van der Waals surface area contributed by atoms with Crippen LogP contribution >= 0.6 is 0 Å². The summed E-state index contributed by atoms with van der Waals surface area (Å²) in [6.07, 6.45) is 0. The van der Waals surface area contributed by atoms with Crippen molar-refractivity contribution in [2.45, 2.75) is 26.4 Å². The van der Waals surface area contributed by atoms with Crippen molar-refractivity contribution in [2.75, 3.05) is 6.54 Å². The van der Waals surface area contributed by atoms with Crippen molar-refractivity contribution in [1.29, 1.82) is 5.26 Å². The highest BCUT2D eigenvalue weighted by molar-refractivity contribution is 5.96. The smallest absolute Gasteiger partial charge is 0.343 e. The van der Waals surface area contributed by atoms with Crippen LogP contribution < -0.4 is 10.5 Å². The molecule has 0 amide bonds. The van der Waals surface area contributed by atoms with Crippen molar-refractivity contribution in [3.05, 3.63) is 29.3 Å². The molecule has 0 saturated heterocycles. The molecule has 0 atom stereocenters. The second kappa shape index (κ2) is 6.17. The molecule has 0 bridgehead atoms. The fourth-order valence-electron chi connectivity index (χ4n) is 1.41. The van der Waals surface area contributed by atoms with E-state index in [0.29, 0.717) is 0 Å². The zero-order valence-corrected chi connectivity index (χ0v) is 11.6. The average molecular weight is 276 g/mol. The lowest BCUT2D eigenvalue weighted by Gasteiger charge is -2.20. The lowest BCUT2D eigenvalue weighted by molar-refractivity contribution is -0.132. The highest BCUT2D eigenvalue weighted by Gasteiger charge is 2.25. The molecule has 6 heteroatoms. The van der Waals surface area contributed by atoms with Crippen molar-refractivity contribution in [3.8, 4) is 11.8 Å². The van der Waals surface area contributed by atoms with Gasteiger partial charge in [-0.2, -0.15) is 5.26 Å². The maximum atomic E-state index is 12.1. The monoisotopic (exact) mass is 276 g/mol. The van der Waals surface area contributed by atoms with Gasteiger partial charge >= 0.3 is 11.9 Å². The molecule has 6 nitrogen and oxygen atoms in total. The summed E-state index contributed by atoms with van der Waals surface area (Å²) in [7, 11) is 0. The Balaban J connectivity index is 3.24. The van der Waals surface area contributed by atoms with Crippen LogP contribution in [-0.2, 0) is 9.53 Å². The molecule has 0 aliphatic heterocycles. The van der Waals surface area contributed by atoms with E-state index in [-0.39, 0.29) is 23.4 Å². The fourth-order valence-corrected chi connectivity index (χ4v) is 1.41. The molecule has 0 unspecified atom stereocenters. The van der Waals surface area contributed by atoms with Gasteiger partial charge in [0, 0.05) is 0 Å². The van der Waals surface area contributed by atoms with Crippen LogP contribution in [0.25, 0.3) is 0 Å². The number of esters is 2. The molecule has 0 aromatic heterocycles. The summed E-state index contributed by atoms with van der Waals surface area (Å²) in [6, 6.07) is 6.23. The van der Waals surface area contributed by atoms with Crippen molar-refractivity contribution in [2.24, 2.45) is 5.73 Å². The predicted molar refractivity (Wildman–Crippen MR) is 71.0 cm³/mol. The van der Waals surface area contributed by atoms with Crippen molar-refractivity contribution in [1.82, 2.24) is 0 Å². The first kappa shape index (κ1) is 15.7. The summed E-state index contributed by atoms with van der Waals surface area (Å²) in [5.41, 5.74) is 4.43. The number of carbonyl (C=O) groups excluding carboxylic acids is 2. The summed E-state index contributed by atoms with van der Waals surface area (Å²) in [5, 5.41) is 9.06. The van der Waals surface area contributed by atoms with Gasteiger partial charge in [0.2, 0.25) is 0 Å². The van der Waals surface area contributed by atoms with Crippen molar-refractivity contribution in [3.63, 3.8) is 0 Å². The van der Waals surface area contributed by atoms with Crippen molar-refractivity contribution >= 4 is 11.9 Å². The van der Waals surface area contributed by atoms with E-state index in [0.717, 1.165) is 0 Å². The number of benzene rings is 1. The molecule has 1 aromatic carbocycles. The van der Waals surface area contributed by atoms with Gasteiger partial charge in [-0.3, -0.25) is 4.79 Å². The summed E-state index contributed by atoms with van der Waals surface area (Å²) < 4.78 is 10.2. The van der Waals surface area contributed by atoms with Gasteiger partial charge in [0.1, 0.15) is 23.0 Å². The zero-order valence-electron chi connectivity index (χ0n) is 11.6. The number of nitrogens with two attached hydrogens (primary N) is 1. The first-order valence-electron chi connectivity index (χ1n) is 5.95. The number of carbonyl (C=O) groups is 2. The molecule has 0 saturated carbocycles. The van der Waals surface area contributed by atoms with Gasteiger partial charge < -0.3 is 15.2 Å². The quantitative estimate of drug-likeness (QED) is 0.660. The average Bonchev–Trinajstić information content (AvgIpc) is 2.35. The molecule has 0 spiro atoms. The molecular weight excluding hydrogens is 260 g/mol. The Labute approximate surface area is 117 Å². The maximum Gasteiger partial charge on any atom is 0.343 e. The Kier molecular flexibility index (Phi) is 4.83. The number of ether oxygens (including phenoxy) is 2. The molecular formula is C14H16N2O4. The van der Waals surface area contributed by atoms with Gasteiger partial charge in [-0.05, 0) is 32.9 Å². The molecule has 0 fully saturated rings. The fraction of sp³-hybridized carbons (Fsp3) is 0.357. The normalized spacial score (nSPS) is 10.6.